The second-order valence-electron chi connectivity index (χ2n) is 6.24. The summed E-state index contributed by atoms with van der Waals surface area (Å²) < 4.78 is 10.6. The fourth-order valence-corrected chi connectivity index (χ4v) is 2.86. The van der Waals surface area contributed by atoms with E-state index in [0.717, 1.165) is 24.3 Å². The summed E-state index contributed by atoms with van der Waals surface area (Å²) >= 11 is 0. The second-order valence-corrected chi connectivity index (χ2v) is 6.24. The molecule has 1 saturated carbocycles. The SMILES string of the molecule is CCOC1CC(Nc2ccc(C)cc2C(=O)OC)C1(C)C. The van der Waals surface area contributed by atoms with Crippen molar-refractivity contribution in [2.75, 3.05) is 19.0 Å². The molecule has 1 aromatic carbocycles. The highest BCUT2D eigenvalue weighted by atomic mass is 16.5. The van der Waals surface area contributed by atoms with Crippen LogP contribution in [-0.4, -0.2) is 31.8 Å². The first-order valence-corrected chi connectivity index (χ1v) is 7.47. The highest BCUT2D eigenvalue weighted by molar-refractivity contribution is 5.95. The number of ether oxygens (including phenoxy) is 2. The number of hydrogen-bond donors (Lipinski definition) is 1. The Labute approximate surface area is 126 Å². The summed E-state index contributed by atoms with van der Waals surface area (Å²) in [5.74, 6) is -0.306. The number of carbonyl (C=O) groups excluding carboxylic acids is 1. The number of benzene rings is 1. The summed E-state index contributed by atoms with van der Waals surface area (Å²) in [6.07, 6.45) is 1.22. The van der Waals surface area contributed by atoms with E-state index in [4.69, 9.17) is 9.47 Å². The predicted molar refractivity (Wildman–Crippen MR) is 83.7 cm³/mol. The quantitative estimate of drug-likeness (QED) is 0.845. The van der Waals surface area contributed by atoms with Gasteiger partial charge in [-0.2, -0.15) is 0 Å². The molecule has 1 aromatic rings. The van der Waals surface area contributed by atoms with Crippen molar-refractivity contribution in [3.8, 4) is 0 Å². The maximum Gasteiger partial charge on any atom is 0.339 e. The van der Waals surface area contributed by atoms with Crippen LogP contribution < -0.4 is 5.32 Å². The highest BCUT2D eigenvalue weighted by Crippen LogP contribution is 2.44. The number of rotatable bonds is 5. The fraction of sp³-hybridized carbons (Fsp3) is 0.588. The molecule has 0 aromatic heterocycles. The maximum atomic E-state index is 11.9. The summed E-state index contributed by atoms with van der Waals surface area (Å²) in [7, 11) is 1.41. The van der Waals surface area contributed by atoms with Crippen molar-refractivity contribution in [3.05, 3.63) is 29.3 Å². The minimum Gasteiger partial charge on any atom is -0.465 e. The van der Waals surface area contributed by atoms with Crippen LogP contribution in [0.1, 0.15) is 43.1 Å². The molecule has 2 rings (SSSR count). The molecule has 4 heteroatoms. The predicted octanol–water partition coefficient (Wildman–Crippen LogP) is 3.40. The van der Waals surface area contributed by atoms with Crippen LogP contribution in [0.2, 0.25) is 0 Å². The number of nitrogens with one attached hydrogen (secondary N) is 1. The van der Waals surface area contributed by atoms with E-state index < -0.39 is 0 Å². The average molecular weight is 291 g/mol. The molecule has 21 heavy (non-hydrogen) atoms. The van der Waals surface area contributed by atoms with Crippen molar-refractivity contribution in [2.24, 2.45) is 5.41 Å². The molecule has 4 nitrogen and oxygen atoms in total. The molecule has 2 unspecified atom stereocenters. The molecule has 0 heterocycles. The molecule has 1 fully saturated rings. The minimum atomic E-state index is -0.306. The van der Waals surface area contributed by atoms with Gasteiger partial charge in [-0.15, -0.1) is 0 Å². The van der Waals surface area contributed by atoms with Gasteiger partial charge in [0.2, 0.25) is 0 Å². The zero-order valence-electron chi connectivity index (χ0n) is 13.5. The Kier molecular flexibility index (Phi) is 4.57. The molecule has 0 aliphatic heterocycles. The third-order valence-corrected chi connectivity index (χ3v) is 4.46. The Bertz CT molecular complexity index is 525. The highest BCUT2D eigenvalue weighted by Gasteiger charge is 2.49. The van der Waals surface area contributed by atoms with E-state index in [2.05, 4.69) is 19.2 Å². The molecule has 0 bridgehead atoms. The standard InChI is InChI=1S/C17H25NO3/c1-6-21-15-10-14(17(15,3)4)18-13-8-7-11(2)9-12(13)16(19)20-5/h7-9,14-15,18H,6,10H2,1-5H3. The Morgan fingerprint density at radius 2 is 2.14 bits per heavy atom. The van der Waals surface area contributed by atoms with E-state index in [1.54, 1.807) is 0 Å². The Morgan fingerprint density at radius 1 is 1.43 bits per heavy atom. The second kappa shape index (κ2) is 6.06. The van der Waals surface area contributed by atoms with Crippen LogP contribution in [0.5, 0.6) is 0 Å². The number of hydrogen-bond acceptors (Lipinski definition) is 4. The van der Waals surface area contributed by atoms with E-state index in [1.807, 2.05) is 32.0 Å². The first kappa shape index (κ1) is 15.8. The van der Waals surface area contributed by atoms with Gasteiger partial charge in [-0.3, -0.25) is 0 Å². The molecule has 0 spiro atoms. The molecule has 1 aliphatic rings. The molecule has 0 saturated heterocycles. The van der Waals surface area contributed by atoms with Gasteiger partial charge in [-0.05, 0) is 32.4 Å². The van der Waals surface area contributed by atoms with E-state index >= 15 is 0 Å². The van der Waals surface area contributed by atoms with E-state index in [1.165, 1.54) is 7.11 Å². The van der Waals surface area contributed by atoms with Gasteiger partial charge in [-0.25, -0.2) is 4.79 Å². The lowest BCUT2D eigenvalue weighted by atomic mass is 9.64. The van der Waals surface area contributed by atoms with Crippen molar-refractivity contribution >= 4 is 11.7 Å². The molecule has 1 aliphatic carbocycles. The van der Waals surface area contributed by atoms with E-state index in [0.29, 0.717) is 11.6 Å². The van der Waals surface area contributed by atoms with Gasteiger partial charge in [-0.1, -0.05) is 25.5 Å². The molecular weight excluding hydrogens is 266 g/mol. The van der Waals surface area contributed by atoms with E-state index in [-0.39, 0.29) is 17.5 Å². The Hall–Kier alpha value is -1.55. The zero-order valence-corrected chi connectivity index (χ0v) is 13.5. The molecule has 1 N–H and O–H groups in total. The van der Waals surface area contributed by atoms with Gasteiger partial charge in [0.1, 0.15) is 0 Å². The van der Waals surface area contributed by atoms with Gasteiger partial charge in [0.15, 0.2) is 0 Å². The first-order chi connectivity index (χ1) is 9.90. The third kappa shape index (κ3) is 3.05. The number of carbonyl (C=O) groups is 1. The van der Waals surface area contributed by atoms with Crippen molar-refractivity contribution in [1.29, 1.82) is 0 Å². The van der Waals surface area contributed by atoms with Gasteiger partial charge < -0.3 is 14.8 Å². The lowest BCUT2D eigenvalue weighted by molar-refractivity contribution is -0.0976. The summed E-state index contributed by atoms with van der Waals surface area (Å²) in [5, 5.41) is 3.49. The Morgan fingerprint density at radius 3 is 2.71 bits per heavy atom. The smallest absolute Gasteiger partial charge is 0.339 e. The number of anilines is 1. The van der Waals surface area contributed by atoms with Crippen LogP contribution in [0.3, 0.4) is 0 Å². The lowest BCUT2D eigenvalue weighted by Crippen LogP contribution is -2.58. The summed E-state index contributed by atoms with van der Waals surface area (Å²) in [6.45, 7) is 9.11. The number of aryl methyl sites for hydroxylation is 1. The largest absolute Gasteiger partial charge is 0.465 e. The molecular formula is C17H25NO3. The van der Waals surface area contributed by atoms with Crippen LogP contribution in [0.4, 0.5) is 5.69 Å². The lowest BCUT2D eigenvalue weighted by Gasteiger charge is -2.52. The van der Waals surface area contributed by atoms with Crippen LogP contribution in [0.15, 0.2) is 18.2 Å². The topological polar surface area (TPSA) is 47.6 Å². The number of methoxy groups -OCH3 is 1. The van der Waals surface area contributed by atoms with Crippen molar-refractivity contribution < 1.29 is 14.3 Å². The van der Waals surface area contributed by atoms with Crippen molar-refractivity contribution in [1.82, 2.24) is 0 Å². The Balaban J connectivity index is 2.16. The third-order valence-electron chi connectivity index (χ3n) is 4.46. The van der Waals surface area contributed by atoms with Crippen molar-refractivity contribution in [2.45, 2.75) is 46.3 Å². The van der Waals surface area contributed by atoms with Crippen LogP contribution in [0.25, 0.3) is 0 Å². The van der Waals surface area contributed by atoms with Crippen LogP contribution in [-0.2, 0) is 9.47 Å². The van der Waals surface area contributed by atoms with Crippen molar-refractivity contribution in [3.63, 3.8) is 0 Å². The monoisotopic (exact) mass is 291 g/mol. The van der Waals surface area contributed by atoms with Gasteiger partial charge in [0.25, 0.3) is 0 Å². The van der Waals surface area contributed by atoms with Gasteiger partial charge in [0, 0.05) is 23.8 Å². The van der Waals surface area contributed by atoms with Gasteiger partial charge >= 0.3 is 5.97 Å². The number of esters is 1. The minimum absolute atomic E-state index is 0.0499. The average Bonchev–Trinajstić information content (AvgIpc) is 2.46. The summed E-state index contributed by atoms with van der Waals surface area (Å²) in [4.78, 5) is 11.9. The molecule has 2 atom stereocenters. The molecule has 0 amide bonds. The van der Waals surface area contributed by atoms with Crippen LogP contribution in [0, 0.1) is 12.3 Å². The fourth-order valence-electron chi connectivity index (χ4n) is 2.86. The normalized spacial score (nSPS) is 23.3. The zero-order chi connectivity index (χ0) is 15.6. The summed E-state index contributed by atoms with van der Waals surface area (Å²) in [6, 6.07) is 6.10. The van der Waals surface area contributed by atoms with Gasteiger partial charge in [0.05, 0.1) is 18.8 Å². The first-order valence-electron chi connectivity index (χ1n) is 7.47. The molecule has 116 valence electrons. The van der Waals surface area contributed by atoms with E-state index in [9.17, 15) is 4.79 Å². The molecule has 0 radical (unpaired) electrons. The maximum absolute atomic E-state index is 11.9. The summed E-state index contributed by atoms with van der Waals surface area (Å²) in [5.41, 5.74) is 2.52. The van der Waals surface area contributed by atoms with Crippen LogP contribution >= 0.6 is 0 Å².